The fraction of sp³-hybridized carbons (Fsp3) is 0.0417. The van der Waals surface area contributed by atoms with E-state index in [1.54, 1.807) is 50.2 Å². The van der Waals surface area contributed by atoms with E-state index in [9.17, 15) is 19.2 Å². The maximum Gasteiger partial charge on any atom is 0.266 e. The first kappa shape index (κ1) is 31.9. The summed E-state index contributed by atoms with van der Waals surface area (Å²) in [4.78, 5) is 58.7. The average molecular weight is 727 g/mol. The van der Waals surface area contributed by atoms with Gasteiger partial charge in [0, 0.05) is 32.9 Å². The molecule has 0 unspecified atom stereocenters. The van der Waals surface area contributed by atoms with E-state index in [2.05, 4.69) is 57.7 Å². The van der Waals surface area contributed by atoms with Crippen LogP contribution in [0.15, 0.2) is 146 Å². The number of nitrogens with zero attached hydrogens (tertiary/aromatic N) is 4. The Balaban J connectivity index is 0.945. The highest BCUT2D eigenvalue weighted by molar-refractivity contribution is 6.36. The van der Waals surface area contributed by atoms with Crippen LogP contribution in [0.25, 0.3) is 55.0 Å². The second-order valence-corrected chi connectivity index (χ2v) is 14.5. The average Bonchev–Trinajstić information content (AvgIpc) is 3.90. The van der Waals surface area contributed by atoms with Gasteiger partial charge in [0.25, 0.3) is 23.6 Å². The summed E-state index contributed by atoms with van der Waals surface area (Å²) in [5.41, 5.74) is 8.78. The number of imide groups is 2. The molecule has 0 saturated carbocycles. The molecular weight excluding hydrogens is 697 g/mol. The summed E-state index contributed by atoms with van der Waals surface area (Å²) in [5, 5.41) is 4.39. The van der Waals surface area contributed by atoms with Gasteiger partial charge < -0.3 is 9.13 Å². The Bertz CT molecular complexity index is 2950. The SMILES string of the molecule is Cc1cc(N2C(=O)c3ccc(-n4c5ccccc5c5ccccc54)cc3C2=O)c(C)cc1N1C(=O)c2ccc(-n3c4ccccc4c4ccccc43)cc2C1=O. The van der Waals surface area contributed by atoms with E-state index < -0.39 is 23.6 Å². The van der Waals surface area contributed by atoms with E-state index >= 15 is 0 Å². The van der Waals surface area contributed by atoms with Gasteiger partial charge in [0.05, 0.1) is 55.7 Å². The van der Waals surface area contributed by atoms with Crippen LogP contribution in [0.5, 0.6) is 0 Å². The summed E-state index contributed by atoms with van der Waals surface area (Å²) in [7, 11) is 0. The van der Waals surface area contributed by atoms with Crippen molar-refractivity contribution in [3.63, 3.8) is 0 Å². The number of benzene rings is 7. The zero-order chi connectivity index (χ0) is 38.0. The van der Waals surface area contributed by atoms with Crippen molar-refractivity contribution in [3.05, 3.63) is 179 Å². The predicted octanol–water partition coefficient (Wildman–Crippen LogP) is 10.1. The van der Waals surface area contributed by atoms with Gasteiger partial charge in [-0.2, -0.15) is 0 Å². The molecule has 7 aromatic carbocycles. The molecule has 0 bridgehead atoms. The number of para-hydroxylation sites is 4. The quantitative estimate of drug-likeness (QED) is 0.169. The number of rotatable bonds is 4. The van der Waals surface area contributed by atoms with Crippen LogP contribution in [0.4, 0.5) is 11.4 Å². The lowest BCUT2D eigenvalue weighted by Crippen LogP contribution is -2.32. The van der Waals surface area contributed by atoms with Crippen LogP contribution in [0.2, 0.25) is 0 Å². The number of aryl methyl sites for hydroxylation is 2. The second-order valence-electron chi connectivity index (χ2n) is 14.5. The lowest BCUT2D eigenvalue weighted by Gasteiger charge is -2.22. The van der Waals surface area contributed by atoms with Crippen molar-refractivity contribution in [1.82, 2.24) is 9.13 Å². The fourth-order valence-electron chi connectivity index (χ4n) is 8.84. The van der Waals surface area contributed by atoms with Crippen molar-refractivity contribution >= 4 is 78.6 Å². The molecule has 0 fully saturated rings. The highest BCUT2D eigenvalue weighted by atomic mass is 16.2. The molecule has 0 saturated heterocycles. The zero-order valence-corrected chi connectivity index (χ0v) is 30.3. The molecule has 0 spiro atoms. The standard InChI is InChI=1S/C48H30N4O4/c1-27-23-44(52-46(54)36-22-20-30(26-38(36)48(52)56)50-41-17-9-5-13-33(41)34-14-6-10-18-42(34)50)28(2)24-43(27)51-45(53)35-21-19-29(25-37(35)47(51)55)49-39-15-7-3-11-31(39)32-12-4-8-16-40(32)49/h3-26H,1-2H3. The fourth-order valence-corrected chi connectivity index (χ4v) is 8.84. The first-order valence-electron chi connectivity index (χ1n) is 18.4. The van der Waals surface area contributed by atoms with Crippen LogP contribution in [0.1, 0.15) is 52.6 Å². The van der Waals surface area contributed by atoms with Gasteiger partial charge in [0.1, 0.15) is 0 Å². The molecule has 4 amide bonds. The maximum atomic E-state index is 14.2. The van der Waals surface area contributed by atoms with Gasteiger partial charge in [-0.15, -0.1) is 0 Å². The smallest absolute Gasteiger partial charge is 0.266 e. The largest absolute Gasteiger partial charge is 0.309 e. The van der Waals surface area contributed by atoms with Gasteiger partial charge in [-0.25, -0.2) is 9.80 Å². The second kappa shape index (κ2) is 11.5. The minimum Gasteiger partial charge on any atom is -0.309 e. The van der Waals surface area contributed by atoms with Crippen LogP contribution in [0.3, 0.4) is 0 Å². The molecule has 266 valence electrons. The number of hydrogen-bond acceptors (Lipinski definition) is 4. The molecule has 0 aliphatic carbocycles. The molecule has 0 N–H and O–H groups in total. The molecule has 0 radical (unpaired) electrons. The predicted molar refractivity (Wildman–Crippen MR) is 220 cm³/mol. The Hall–Kier alpha value is -7.58. The van der Waals surface area contributed by atoms with E-state index in [0.717, 1.165) is 55.0 Å². The number of aromatic nitrogens is 2. The topological polar surface area (TPSA) is 84.6 Å². The van der Waals surface area contributed by atoms with Gasteiger partial charge in [0.2, 0.25) is 0 Å². The molecule has 0 atom stereocenters. The van der Waals surface area contributed by atoms with Crippen molar-refractivity contribution in [2.75, 3.05) is 9.80 Å². The van der Waals surface area contributed by atoms with Crippen molar-refractivity contribution in [3.8, 4) is 11.4 Å². The summed E-state index contributed by atoms with van der Waals surface area (Å²) < 4.78 is 4.23. The lowest BCUT2D eigenvalue weighted by molar-refractivity contribution is 0.0909. The van der Waals surface area contributed by atoms with Gasteiger partial charge in [-0.1, -0.05) is 72.8 Å². The number of carbonyl (C=O) groups is 4. The van der Waals surface area contributed by atoms with E-state index in [1.165, 1.54) is 9.80 Å². The highest BCUT2D eigenvalue weighted by Crippen LogP contribution is 2.40. The Morgan fingerprint density at radius 2 is 0.643 bits per heavy atom. The third-order valence-corrected chi connectivity index (χ3v) is 11.4. The van der Waals surface area contributed by atoms with E-state index in [0.29, 0.717) is 44.8 Å². The summed E-state index contributed by atoms with van der Waals surface area (Å²) in [6.07, 6.45) is 0. The number of hydrogen-bond donors (Lipinski definition) is 0. The van der Waals surface area contributed by atoms with Gasteiger partial charge in [-0.3, -0.25) is 19.2 Å². The third-order valence-electron chi connectivity index (χ3n) is 11.4. The van der Waals surface area contributed by atoms with E-state index in [4.69, 9.17) is 0 Å². The zero-order valence-electron chi connectivity index (χ0n) is 30.3. The van der Waals surface area contributed by atoms with Crippen LogP contribution in [-0.4, -0.2) is 32.8 Å². The molecule has 2 aromatic heterocycles. The van der Waals surface area contributed by atoms with E-state index in [1.807, 2.05) is 60.7 Å². The molecular formula is C48H30N4O4. The Morgan fingerprint density at radius 1 is 0.339 bits per heavy atom. The maximum absolute atomic E-state index is 14.2. The summed E-state index contributed by atoms with van der Waals surface area (Å²) in [5.74, 6) is -1.71. The molecule has 2 aliphatic heterocycles. The van der Waals surface area contributed by atoms with Crippen molar-refractivity contribution in [2.24, 2.45) is 0 Å². The summed E-state index contributed by atoms with van der Waals surface area (Å²) >= 11 is 0. The number of fused-ring (bicyclic) bond motifs is 8. The molecule has 56 heavy (non-hydrogen) atoms. The van der Waals surface area contributed by atoms with Gasteiger partial charge >= 0.3 is 0 Å². The molecule has 8 heteroatoms. The van der Waals surface area contributed by atoms with E-state index in [-0.39, 0.29) is 0 Å². The van der Waals surface area contributed by atoms with Crippen molar-refractivity contribution < 1.29 is 19.2 Å². The molecule has 9 aromatic rings. The lowest BCUT2D eigenvalue weighted by atomic mass is 10.1. The molecule has 8 nitrogen and oxygen atoms in total. The van der Waals surface area contributed by atoms with Crippen LogP contribution in [-0.2, 0) is 0 Å². The highest BCUT2D eigenvalue weighted by Gasteiger charge is 2.41. The first-order chi connectivity index (χ1) is 27.3. The third kappa shape index (κ3) is 4.23. The number of anilines is 2. The Labute approximate surface area is 320 Å². The van der Waals surface area contributed by atoms with Crippen LogP contribution in [0, 0.1) is 13.8 Å². The number of carbonyl (C=O) groups excluding carboxylic acids is 4. The summed E-state index contributed by atoms with van der Waals surface area (Å²) in [6, 6.07) is 46.7. The monoisotopic (exact) mass is 726 g/mol. The molecule has 2 aliphatic rings. The van der Waals surface area contributed by atoms with Gasteiger partial charge in [0.15, 0.2) is 0 Å². The number of amides is 4. The normalized spacial score (nSPS) is 14.0. The van der Waals surface area contributed by atoms with Gasteiger partial charge in [-0.05, 0) is 97.8 Å². The summed E-state index contributed by atoms with van der Waals surface area (Å²) in [6.45, 7) is 3.56. The van der Waals surface area contributed by atoms with Crippen molar-refractivity contribution in [2.45, 2.75) is 13.8 Å². The Morgan fingerprint density at radius 3 is 0.982 bits per heavy atom. The first-order valence-corrected chi connectivity index (χ1v) is 18.4. The van der Waals surface area contributed by atoms with Crippen molar-refractivity contribution in [1.29, 1.82) is 0 Å². The molecule has 11 rings (SSSR count). The van der Waals surface area contributed by atoms with Crippen LogP contribution >= 0.6 is 0 Å². The minimum atomic E-state index is -0.429. The minimum absolute atomic E-state index is 0.315. The molecule has 4 heterocycles. The van der Waals surface area contributed by atoms with Crippen LogP contribution < -0.4 is 9.80 Å². The Kier molecular flexibility index (Phi) is 6.53.